The van der Waals surface area contributed by atoms with Crippen molar-refractivity contribution in [3.63, 3.8) is 0 Å². The van der Waals surface area contributed by atoms with Gasteiger partial charge in [-0.3, -0.25) is 10.1 Å². The number of urea groups is 1. The number of amides is 3. The molecule has 1 unspecified atom stereocenters. The largest absolute Gasteiger partial charge is 0.332 e. The van der Waals surface area contributed by atoms with Gasteiger partial charge in [-0.15, -0.1) is 11.8 Å². The van der Waals surface area contributed by atoms with Crippen LogP contribution in [-0.2, 0) is 4.79 Å². The van der Waals surface area contributed by atoms with Crippen molar-refractivity contribution in [3.05, 3.63) is 30.1 Å². The number of hydrogen-bond acceptors (Lipinski definition) is 3. The average molecular weight is 376 g/mol. The summed E-state index contributed by atoms with van der Waals surface area (Å²) < 4.78 is 13.0. The summed E-state index contributed by atoms with van der Waals surface area (Å²) in [5.74, 6) is 1.60. The molecule has 0 spiro atoms. The van der Waals surface area contributed by atoms with Crippen LogP contribution in [0, 0.1) is 23.6 Å². The van der Waals surface area contributed by atoms with Crippen LogP contribution in [0.1, 0.15) is 45.4 Å². The monoisotopic (exact) mass is 376 g/mol. The van der Waals surface area contributed by atoms with Crippen molar-refractivity contribution in [2.45, 2.75) is 61.1 Å². The Labute approximate surface area is 157 Å². The smallest absolute Gasteiger partial charge is 0.321 e. The molecule has 2 N–H and O–H groups in total. The van der Waals surface area contributed by atoms with Gasteiger partial charge in [0.25, 0.3) is 0 Å². The molecule has 0 heterocycles. The normalized spacial score (nSPS) is 32.9. The highest BCUT2D eigenvalue weighted by Gasteiger charge is 2.51. The number of halogens is 1. The fraction of sp³-hybridized carbons (Fsp3) is 0.600. The molecule has 5 rings (SSSR count). The maximum absolute atomic E-state index is 13.0. The Balaban J connectivity index is 1.31. The third kappa shape index (κ3) is 3.75. The molecule has 4 aliphatic carbocycles. The first kappa shape index (κ1) is 17.8. The highest BCUT2D eigenvalue weighted by Crippen LogP contribution is 2.55. The number of thioether (sulfide) groups is 1. The fourth-order valence-electron chi connectivity index (χ4n) is 5.52. The first-order valence-corrected chi connectivity index (χ1v) is 10.3. The van der Waals surface area contributed by atoms with Crippen molar-refractivity contribution in [3.8, 4) is 0 Å². The third-order valence-corrected chi connectivity index (χ3v) is 7.26. The van der Waals surface area contributed by atoms with Gasteiger partial charge in [-0.25, -0.2) is 9.18 Å². The molecular formula is C20H25FN2O2S. The number of carbonyl (C=O) groups excluding carboxylic acids is 2. The molecular weight excluding hydrogens is 351 g/mol. The van der Waals surface area contributed by atoms with E-state index in [2.05, 4.69) is 10.6 Å². The fourth-order valence-corrected chi connectivity index (χ4v) is 6.39. The van der Waals surface area contributed by atoms with E-state index in [1.165, 1.54) is 43.2 Å². The maximum Gasteiger partial charge on any atom is 0.321 e. The topological polar surface area (TPSA) is 58.2 Å². The molecule has 4 nitrogen and oxygen atoms in total. The van der Waals surface area contributed by atoms with Gasteiger partial charge < -0.3 is 5.32 Å². The summed E-state index contributed by atoms with van der Waals surface area (Å²) in [4.78, 5) is 25.6. The van der Waals surface area contributed by atoms with E-state index in [0.717, 1.165) is 41.9 Å². The molecule has 1 aromatic rings. The van der Waals surface area contributed by atoms with Crippen LogP contribution in [0.3, 0.4) is 0 Å². The molecule has 4 aliphatic rings. The van der Waals surface area contributed by atoms with Crippen LogP contribution in [0.15, 0.2) is 29.2 Å². The molecule has 0 aromatic heterocycles. The van der Waals surface area contributed by atoms with Gasteiger partial charge in [0.05, 0.1) is 5.25 Å². The Hall–Kier alpha value is -1.56. The predicted octanol–water partition coefficient (Wildman–Crippen LogP) is 4.10. The Morgan fingerprint density at radius 2 is 1.62 bits per heavy atom. The highest BCUT2D eigenvalue weighted by molar-refractivity contribution is 8.00. The van der Waals surface area contributed by atoms with E-state index < -0.39 is 5.25 Å². The summed E-state index contributed by atoms with van der Waals surface area (Å²) in [7, 11) is 0. The van der Waals surface area contributed by atoms with E-state index in [1.807, 2.05) is 0 Å². The van der Waals surface area contributed by atoms with Gasteiger partial charge in [0, 0.05) is 10.4 Å². The Morgan fingerprint density at radius 3 is 2.15 bits per heavy atom. The molecule has 1 aromatic carbocycles. The highest BCUT2D eigenvalue weighted by atomic mass is 32.2. The van der Waals surface area contributed by atoms with E-state index >= 15 is 0 Å². The van der Waals surface area contributed by atoms with Crippen LogP contribution in [0.25, 0.3) is 0 Å². The number of carbonyl (C=O) groups is 2. The summed E-state index contributed by atoms with van der Waals surface area (Å²) in [5, 5.41) is 5.23. The van der Waals surface area contributed by atoms with E-state index in [1.54, 1.807) is 19.1 Å². The lowest BCUT2D eigenvalue weighted by molar-refractivity contribution is -0.119. The van der Waals surface area contributed by atoms with Crippen LogP contribution in [-0.4, -0.2) is 22.7 Å². The molecule has 0 saturated heterocycles. The van der Waals surface area contributed by atoms with Crippen LogP contribution in [0.5, 0.6) is 0 Å². The number of benzene rings is 1. The van der Waals surface area contributed by atoms with E-state index in [4.69, 9.17) is 0 Å². The average Bonchev–Trinajstić information content (AvgIpc) is 2.55. The second-order valence-corrected chi connectivity index (χ2v) is 9.77. The van der Waals surface area contributed by atoms with Crippen molar-refractivity contribution in [1.82, 2.24) is 10.6 Å². The third-order valence-electron chi connectivity index (χ3n) is 6.15. The van der Waals surface area contributed by atoms with Gasteiger partial charge in [0.15, 0.2) is 0 Å². The van der Waals surface area contributed by atoms with E-state index in [-0.39, 0.29) is 23.3 Å². The number of hydrogen-bond donors (Lipinski definition) is 2. The van der Waals surface area contributed by atoms with Crippen LogP contribution >= 0.6 is 11.8 Å². The van der Waals surface area contributed by atoms with Gasteiger partial charge in [0.1, 0.15) is 5.82 Å². The Morgan fingerprint density at radius 1 is 1.08 bits per heavy atom. The zero-order valence-corrected chi connectivity index (χ0v) is 15.8. The minimum absolute atomic E-state index is 0.105. The minimum atomic E-state index is -0.428. The van der Waals surface area contributed by atoms with Crippen LogP contribution in [0.4, 0.5) is 9.18 Å². The lowest BCUT2D eigenvalue weighted by Crippen LogP contribution is -2.62. The van der Waals surface area contributed by atoms with Crippen molar-refractivity contribution < 1.29 is 14.0 Å². The lowest BCUT2D eigenvalue weighted by atomic mass is 9.53. The van der Waals surface area contributed by atoms with Crippen molar-refractivity contribution in [2.24, 2.45) is 17.8 Å². The number of imide groups is 1. The molecule has 4 bridgehead atoms. The molecule has 6 heteroatoms. The molecule has 0 aliphatic heterocycles. The molecule has 4 saturated carbocycles. The Kier molecular flexibility index (Phi) is 4.71. The molecule has 3 amide bonds. The number of nitrogens with one attached hydrogen (secondary N) is 2. The summed E-state index contributed by atoms with van der Waals surface area (Å²) in [6.07, 6.45) is 7.11. The van der Waals surface area contributed by atoms with Gasteiger partial charge in [-0.05, 0) is 87.5 Å². The lowest BCUT2D eigenvalue weighted by Gasteiger charge is -2.56. The predicted molar refractivity (Wildman–Crippen MR) is 99.3 cm³/mol. The summed E-state index contributed by atoms with van der Waals surface area (Å²) >= 11 is 1.31. The Bertz CT molecular complexity index is 671. The SMILES string of the molecule is CC(Sc1ccc(F)cc1)C(=O)NC(=O)NC12CC3CC(CC(C3)C1)C2. The van der Waals surface area contributed by atoms with Gasteiger partial charge in [-0.1, -0.05) is 0 Å². The molecule has 140 valence electrons. The summed E-state index contributed by atoms with van der Waals surface area (Å²) in [6.45, 7) is 1.75. The van der Waals surface area contributed by atoms with E-state index in [0.29, 0.717) is 0 Å². The first-order valence-electron chi connectivity index (χ1n) is 9.46. The zero-order valence-electron chi connectivity index (χ0n) is 15.0. The first-order chi connectivity index (χ1) is 12.4. The van der Waals surface area contributed by atoms with Crippen molar-refractivity contribution in [1.29, 1.82) is 0 Å². The second kappa shape index (κ2) is 6.87. The maximum atomic E-state index is 13.0. The molecule has 0 radical (unpaired) electrons. The van der Waals surface area contributed by atoms with E-state index in [9.17, 15) is 14.0 Å². The summed E-state index contributed by atoms with van der Waals surface area (Å²) in [5.41, 5.74) is -0.105. The van der Waals surface area contributed by atoms with Crippen molar-refractivity contribution >= 4 is 23.7 Å². The molecule has 26 heavy (non-hydrogen) atoms. The summed E-state index contributed by atoms with van der Waals surface area (Å²) in [6, 6.07) is 5.64. The quantitative estimate of drug-likeness (QED) is 0.778. The van der Waals surface area contributed by atoms with Gasteiger partial charge in [0.2, 0.25) is 5.91 Å². The van der Waals surface area contributed by atoms with Gasteiger partial charge in [-0.2, -0.15) is 0 Å². The molecule has 4 fully saturated rings. The molecule has 1 atom stereocenters. The van der Waals surface area contributed by atoms with Crippen molar-refractivity contribution in [2.75, 3.05) is 0 Å². The number of rotatable bonds is 4. The standard InChI is InChI=1S/C20H25FN2O2S/c1-12(26-17-4-2-16(21)3-5-17)18(24)22-19(25)23-20-9-13-6-14(10-20)8-15(7-13)11-20/h2-5,12-15H,6-11H2,1H3,(H2,22,23,24,25). The minimum Gasteiger partial charge on any atom is -0.332 e. The zero-order chi connectivity index (χ0) is 18.3. The van der Waals surface area contributed by atoms with Gasteiger partial charge >= 0.3 is 6.03 Å². The second-order valence-electron chi connectivity index (χ2n) is 8.36. The van der Waals surface area contributed by atoms with Crippen LogP contribution < -0.4 is 10.6 Å². The van der Waals surface area contributed by atoms with Crippen LogP contribution in [0.2, 0.25) is 0 Å².